The van der Waals surface area contributed by atoms with Gasteiger partial charge in [-0.25, -0.2) is 13.8 Å². The van der Waals surface area contributed by atoms with E-state index >= 15 is 4.39 Å². The second-order valence-electron chi connectivity index (χ2n) is 8.02. The van der Waals surface area contributed by atoms with Crippen molar-refractivity contribution in [1.29, 1.82) is 0 Å². The number of amidine groups is 1. The minimum atomic E-state index is -3.84. The van der Waals surface area contributed by atoms with Crippen molar-refractivity contribution in [1.82, 2.24) is 4.98 Å². The summed E-state index contributed by atoms with van der Waals surface area (Å²) < 4.78 is 50.1. The van der Waals surface area contributed by atoms with E-state index < -0.39 is 38.1 Å². The van der Waals surface area contributed by atoms with Gasteiger partial charge in [0.05, 0.1) is 5.02 Å². The third kappa shape index (κ3) is 3.29. The average Bonchev–Trinajstić information content (AvgIpc) is 3.50. The van der Waals surface area contributed by atoms with Crippen LogP contribution in [0.2, 0.25) is 5.02 Å². The van der Waals surface area contributed by atoms with Gasteiger partial charge in [0.2, 0.25) is 5.50 Å². The molecule has 31 heavy (non-hydrogen) atoms. The van der Waals surface area contributed by atoms with Crippen LogP contribution in [0, 0.1) is 12.7 Å². The molecular formula is C20H21ClF2N4O3S. The molecule has 2 heterocycles. The lowest BCUT2D eigenvalue weighted by molar-refractivity contribution is 0.102. The number of carbonyl (C=O) groups excluding carboxylic acids is 1. The zero-order chi connectivity index (χ0) is 22.8. The number of hydrogen-bond donors (Lipinski definition) is 4. The van der Waals surface area contributed by atoms with Crippen LogP contribution in [0.4, 0.5) is 14.5 Å². The average molecular weight is 471 g/mol. The number of nitrogens with one attached hydrogen (secondary N) is 1. The van der Waals surface area contributed by atoms with Gasteiger partial charge >= 0.3 is 0 Å². The second-order valence-corrected chi connectivity index (χ2v) is 10.8. The summed E-state index contributed by atoms with van der Waals surface area (Å²) in [7, 11) is -3.84. The highest BCUT2D eigenvalue weighted by Gasteiger charge is 2.67. The fraction of sp³-hybridized carbons (Fsp3) is 0.350. The van der Waals surface area contributed by atoms with Crippen LogP contribution in [0.3, 0.4) is 0 Å². The quantitative estimate of drug-likeness (QED) is 0.522. The normalized spacial score (nSPS) is 26.8. The summed E-state index contributed by atoms with van der Waals surface area (Å²) in [6, 6.07) is 5.13. The molecule has 2 aromatic rings. The van der Waals surface area contributed by atoms with Gasteiger partial charge in [-0.1, -0.05) is 11.6 Å². The van der Waals surface area contributed by atoms with Gasteiger partial charge in [0.1, 0.15) is 27.6 Å². The number of carbonyl (C=O) groups is 1. The molecule has 0 bridgehead atoms. The molecule has 1 aliphatic heterocycles. The Kier molecular flexibility index (Phi) is 5.04. The molecule has 166 valence electrons. The van der Waals surface area contributed by atoms with E-state index in [2.05, 4.69) is 15.3 Å². The van der Waals surface area contributed by atoms with E-state index in [-0.39, 0.29) is 22.8 Å². The van der Waals surface area contributed by atoms with E-state index in [9.17, 15) is 18.3 Å². The first kappa shape index (κ1) is 21.9. The molecule has 5 N–H and O–H groups in total. The molecule has 1 aromatic heterocycles. The van der Waals surface area contributed by atoms with Crippen LogP contribution in [0.25, 0.3) is 0 Å². The number of aryl methyl sites for hydroxylation is 1. The molecule has 11 heteroatoms. The Bertz CT molecular complexity index is 1130. The molecule has 1 amide bonds. The molecule has 0 radical (unpaired) electrons. The van der Waals surface area contributed by atoms with Crippen molar-refractivity contribution in [3.63, 3.8) is 0 Å². The number of nitrogens with zero attached hydrogens (tertiary/aromatic N) is 2. The van der Waals surface area contributed by atoms with E-state index in [1.807, 2.05) is 0 Å². The molecule has 2 aliphatic rings. The Morgan fingerprint density at radius 3 is 2.65 bits per heavy atom. The van der Waals surface area contributed by atoms with Crippen molar-refractivity contribution >= 4 is 39.6 Å². The van der Waals surface area contributed by atoms with E-state index in [4.69, 9.17) is 17.3 Å². The summed E-state index contributed by atoms with van der Waals surface area (Å²) in [6.45, 7) is 2.92. The Hall–Kier alpha value is -2.27. The standard InChI is InChI=1S/C20H21ClF2N4O3S/c1-10-7-11(21)9-25-15(10)16(28)26-12-3-4-14(22)13(8-12)19(2)17(23)31(29,30)20(5-6-20)18(24)27-19/h3-4,7-9,17,29-30H,5-6H2,1-2H3,(H2,24,27)(H,26,28)/t17-,19-/m1/s1. The first-order valence-electron chi connectivity index (χ1n) is 9.42. The Morgan fingerprint density at radius 1 is 1.35 bits per heavy atom. The van der Waals surface area contributed by atoms with E-state index in [1.165, 1.54) is 25.3 Å². The molecule has 4 rings (SSSR count). The Labute approximate surface area is 184 Å². The van der Waals surface area contributed by atoms with Crippen LogP contribution >= 0.6 is 22.2 Å². The van der Waals surface area contributed by atoms with Gasteiger partial charge in [0, 0.05) is 17.4 Å². The van der Waals surface area contributed by atoms with Crippen molar-refractivity contribution in [3.8, 4) is 0 Å². The molecule has 7 nitrogen and oxygen atoms in total. The van der Waals surface area contributed by atoms with Crippen LogP contribution in [-0.2, 0) is 5.54 Å². The van der Waals surface area contributed by atoms with Crippen LogP contribution in [0.5, 0.6) is 0 Å². The van der Waals surface area contributed by atoms with Gasteiger partial charge in [-0.2, -0.15) is 0 Å². The van der Waals surface area contributed by atoms with Crippen molar-refractivity contribution in [3.05, 3.63) is 58.1 Å². The van der Waals surface area contributed by atoms with Crippen LogP contribution < -0.4 is 11.1 Å². The highest BCUT2D eigenvalue weighted by Crippen LogP contribution is 2.73. The lowest BCUT2D eigenvalue weighted by Crippen LogP contribution is -2.52. The number of nitrogens with two attached hydrogens (primary N) is 1. The molecule has 1 spiro atoms. The number of halogens is 3. The zero-order valence-electron chi connectivity index (χ0n) is 16.7. The number of rotatable bonds is 3. The smallest absolute Gasteiger partial charge is 0.274 e. The van der Waals surface area contributed by atoms with Crippen molar-refractivity contribution in [2.75, 3.05) is 5.32 Å². The third-order valence-electron chi connectivity index (χ3n) is 5.86. The van der Waals surface area contributed by atoms with E-state index in [1.54, 1.807) is 13.0 Å². The van der Waals surface area contributed by atoms with Gasteiger partial charge < -0.3 is 11.1 Å². The maximum Gasteiger partial charge on any atom is 0.274 e. The van der Waals surface area contributed by atoms with Gasteiger partial charge in [0.15, 0.2) is 0 Å². The maximum absolute atomic E-state index is 15.4. The minimum absolute atomic E-state index is 0.0984. The van der Waals surface area contributed by atoms with Crippen molar-refractivity contribution < 1.29 is 22.7 Å². The molecule has 0 saturated heterocycles. The van der Waals surface area contributed by atoms with Crippen molar-refractivity contribution in [2.24, 2.45) is 10.7 Å². The van der Waals surface area contributed by atoms with Gasteiger partial charge in [0.25, 0.3) is 5.91 Å². The third-order valence-corrected chi connectivity index (χ3v) is 8.87. The highest BCUT2D eigenvalue weighted by atomic mass is 35.5. The molecule has 1 aromatic carbocycles. The second kappa shape index (κ2) is 7.13. The monoisotopic (exact) mass is 470 g/mol. The fourth-order valence-electron chi connectivity index (χ4n) is 3.89. The van der Waals surface area contributed by atoms with E-state index in [0.29, 0.717) is 23.4 Å². The summed E-state index contributed by atoms with van der Waals surface area (Å²) in [5, 5.41) is 2.96. The number of amides is 1. The maximum atomic E-state index is 15.4. The molecule has 1 saturated carbocycles. The number of pyridine rings is 1. The number of alkyl halides is 1. The Morgan fingerprint density at radius 2 is 2.03 bits per heavy atom. The van der Waals surface area contributed by atoms with Crippen LogP contribution in [-0.4, -0.2) is 36.1 Å². The summed E-state index contributed by atoms with van der Waals surface area (Å²) in [5.74, 6) is -1.48. The highest BCUT2D eigenvalue weighted by molar-refractivity contribution is 8.26. The summed E-state index contributed by atoms with van der Waals surface area (Å²) in [6.07, 6.45) is 1.95. The van der Waals surface area contributed by atoms with Crippen LogP contribution in [0.15, 0.2) is 35.5 Å². The molecular weight excluding hydrogens is 450 g/mol. The zero-order valence-corrected chi connectivity index (χ0v) is 18.3. The number of anilines is 1. The number of hydrogen-bond acceptors (Lipinski definition) is 6. The molecule has 1 fully saturated rings. The lowest BCUT2D eigenvalue weighted by atomic mass is 9.92. The number of aromatic nitrogens is 1. The van der Waals surface area contributed by atoms with Gasteiger partial charge in [-0.05, 0) is 56.5 Å². The first-order chi connectivity index (χ1) is 14.4. The topological polar surface area (TPSA) is 121 Å². The fourth-order valence-corrected chi connectivity index (χ4v) is 6.37. The molecule has 1 aliphatic carbocycles. The molecule has 0 unspecified atom stereocenters. The van der Waals surface area contributed by atoms with Crippen LogP contribution in [0.1, 0.15) is 41.4 Å². The minimum Gasteiger partial charge on any atom is -0.386 e. The predicted molar refractivity (Wildman–Crippen MR) is 117 cm³/mol. The number of aliphatic imine (C=N–C) groups is 1. The molecule has 2 atom stereocenters. The summed E-state index contributed by atoms with van der Waals surface area (Å²) >= 11 is 5.86. The summed E-state index contributed by atoms with van der Waals surface area (Å²) in [5.41, 5.74) is 2.29. The summed E-state index contributed by atoms with van der Waals surface area (Å²) in [4.78, 5) is 20.8. The SMILES string of the molecule is Cc1cc(Cl)cnc1C(=O)Nc1ccc(F)c([C@@]2(C)N=C(N)C3(CC3)S(O)(O)[C@H]2F)c1. The number of benzene rings is 1. The first-order valence-corrected chi connectivity index (χ1v) is 11.4. The largest absolute Gasteiger partial charge is 0.386 e. The van der Waals surface area contributed by atoms with Gasteiger partial charge in [-0.3, -0.25) is 18.9 Å². The van der Waals surface area contributed by atoms with Crippen molar-refractivity contribution in [2.45, 2.75) is 42.5 Å². The Balaban J connectivity index is 1.71. The lowest BCUT2D eigenvalue weighted by Gasteiger charge is -2.51. The predicted octanol–water partition coefficient (Wildman–Crippen LogP) is 4.60. The van der Waals surface area contributed by atoms with Gasteiger partial charge in [-0.15, -0.1) is 10.6 Å². The van der Waals surface area contributed by atoms with E-state index in [0.717, 1.165) is 6.07 Å².